The second-order valence-corrected chi connectivity index (χ2v) is 5.20. The highest BCUT2D eigenvalue weighted by molar-refractivity contribution is 4.71. The lowest BCUT2D eigenvalue weighted by molar-refractivity contribution is -0.0181. The molecule has 4 nitrogen and oxygen atoms in total. The van der Waals surface area contributed by atoms with Gasteiger partial charge in [0.05, 0.1) is 12.7 Å². The van der Waals surface area contributed by atoms with E-state index >= 15 is 0 Å². The Kier molecular flexibility index (Phi) is 7.04. The first kappa shape index (κ1) is 14.9. The fourth-order valence-electron chi connectivity index (χ4n) is 2.04. The molecule has 2 unspecified atom stereocenters. The molecule has 0 saturated carbocycles. The fourth-order valence-corrected chi connectivity index (χ4v) is 2.04. The largest absolute Gasteiger partial charge is 0.374 e. The van der Waals surface area contributed by atoms with Gasteiger partial charge in [-0.1, -0.05) is 6.92 Å². The normalized spacial score (nSPS) is 24.2. The molecule has 0 spiro atoms. The summed E-state index contributed by atoms with van der Waals surface area (Å²) in [6, 6.07) is 0.675. The van der Waals surface area contributed by atoms with Gasteiger partial charge in [0, 0.05) is 38.8 Å². The molecule has 0 bridgehead atoms. The number of nitrogens with one attached hydrogen (secondary N) is 1. The van der Waals surface area contributed by atoms with Crippen LogP contribution in [0.2, 0.25) is 0 Å². The van der Waals surface area contributed by atoms with E-state index in [-0.39, 0.29) is 0 Å². The molecule has 0 aliphatic carbocycles. The van der Waals surface area contributed by atoms with Crippen LogP contribution in [0.3, 0.4) is 0 Å². The van der Waals surface area contributed by atoms with Gasteiger partial charge in [0.15, 0.2) is 0 Å². The Balaban J connectivity index is 2.03. The highest BCUT2D eigenvalue weighted by Crippen LogP contribution is 2.01. The van der Waals surface area contributed by atoms with Gasteiger partial charge in [-0.25, -0.2) is 0 Å². The molecule has 1 saturated heterocycles. The third-order valence-electron chi connectivity index (χ3n) is 3.70. The number of nitrogens with zero attached hydrogens (tertiary/aromatic N) is 2. The molecule has 17 heavy (non-hydrogen) atoms. The Hall–Kier alpha value is -0.160. The van der Waals surface area contributed by atoms with E-state index in [0.29, 0.717) is 12.1 Å². The summed E-state index contributed by atoms with van der Waals surface area (Å²) in [5, 5.41) is 3.49. The molecular weight excluding hydrogens is 214 g/mol. The molecule has 1 aliphatic rings. The molecule has 4 heteroatoms. The molecule has 1 rings (SSSR count). The first-order valence-electron chi connectivity index (χ1n) is 6.84. The molecule has 0 radical (unpaired) electrons. The van der Waals surface area contributed by atoms with Gasteiger partial charge in [-0.05, 0) is 27.4 Å². The van der Waals surface area contributed by atoms with Crippen LogP contribution in [0, 0.1) is 0 Å². The van der Waals surface area contributed by atoms with Crippen molar-refractivity contribution in [2.45, 2.75) is 32.4 Å². The first-order chi connectivity index (χ1) is 8.13. The molecule has 0 aromatic rings. The Morgan fingerprint density at radius 3 is 2.94 bits per heavy atom. The summed E-state index contributed by atoms with van der Waals surface area (Å²) < 4.78 is 5.71. The van der Waals surface area contributed by atoms with Crippen molar-refractivity contribution in [3.05, 3.63) is 0 Å². The average molecular weight is 243 g/mol. The Morgan fingerprint density at radius 1 is 1.53 bits per heavy atom. The summed E-state index contributed by atoms with van der Waals surface area (Å²) in [5.74, 6) is 0. The minimum absolute atomic E-state index is 0.364. The summed E-state index contributed by atoms with van der Waals surface area (Å²) in [6.07, 6.45) is 1.58. The van der Waals surface area contributed by atoms with E-state index in [0.717, 1.165) is 39.3 Å². The third kappa shape index (κ3) is 5.82. The molecular formula is C13H29N3O. The molecule has 0 aromatic carbocycles. The molecule has 1 aliphatic heterocycles. The zero-order valence-electron chi connectivity index (χ0n) is 11.9. The molecule has 2 atom stereocenters. The van der Waals surface area contributed by atoms with Crippen LogP contribution >= 0.6 is 0 Å². The van der Waals surface area contributed by atoms with Crippen LogP contribution in [0.1, 0.15) is 20.3 Å². The fraction of sp³-hybridized carbons (Fsp3) is 1.00. The van der Waals surface area contributed by atoms with E-state index in [1.165, 1.54) is 6.42 Å². The topological polar surface area (TPSA) is 27.7 Å². The number of ether oxygens (including phenoxy) is 1. The van der Waals surface area contributed by atoms with Gasteiger partial charge in [0.25, 0.3) is 0 Å². The van der Waals surface area contributed by atoms with Gasteiger partial charge in [0.2, 0.25) is 0 Å². The summed E-state index contributed by atoms with van der Waals surface area (Å²) in [5.41, 5.74) is 0. The van der Waals surface area contributed by atoms with E-state index in [9.17, 15) is 0 Å². The monoisotopic (exact) mass is 243 g/mol. The molecule has 1 heterocycles. The van der Waals surface area contributed by atoms with Crippen molar-refractivity contribution in [1.82, 2.24) is 15.1 Å². The second-order valence-electron chi connectivity index (χ2n) is 5.20. The third-order valence-corrected chi connectivity index (χ3v) is 3.70. The molecule has 0 amide bonds. The van der Waals surface area contributed by atoms with E-state index in [1.54, 1.807) is 0 Å². The Bertz CT molecular complexity index is 201. The van der Waals surface area contributed by atoms with Crippen LogP contribution in [-0.4, -0.2) is 75.4 Å². The van der Waals surface area contributed by atoms with Gasteiger partial charge in [0.1, 0.15) is 0 Å². The highest BCUT2D eigenvalue weighted by atomic mass is 16.5. The summed E-state index contributed by atoms with van der Waals surface area (Å²) in [4.78, 5) is 4.74. The predicted octanol–water partition coefficient (Wildman–Crippen LogP) is 0.637. The second kappa shape index (κ2) is 8.03. The van der Waals surface area contributed by atoms with Gasteiger partial charge >= 0.3 is 0 Å². The van der Waals surface area contributed by atoms with Crippen molar-refractivity contribution in [2.75, 3.05) is 53.4 Å². The van der Waals surface area contributed by atoms with Crippen molar-refractivity contribution in [3.63, 3.8) is 0 Å². The SMILES string of the molecule is CCC(C)N(C)CCNCC1CN(C)CCO1. The maximum Gasteiger partial charge on any atom is 0.0826 e. The van der Waals surface area contributed by atoms with E-state index in [2.05, 4.69) is 43.1 Å². The minimum Gasteiger partial charge on any atom is -0.374 e. The highest BCUT2D eigenvalue weighted by Gasteiger charge is 2.16. The maximum atomic E-state index is 5.71. The maximum absolute atomic E-state index is 5.71. The summed E-state index contributed by atoms with van der Waals surface area (Å²) in [6.45, 7) is 10.6. The van der Waals surface area contributed by atoms with Gasteiger partial charge in [-0.3, -0.25) is 0 Å². The summed E-state index contributed by atoms with van der Waals surface area (Å²) >= 11 is 0. The van der Waals surface area contributed by atoms with E-state index in [4.69, 9.17) is 4.74 Å². The van der Waals surface area contributed by atoms with Gasteiger partial charge < -0.3 is 19.9 Å². The van der Waals surface area contributed by atoms with E-state index < -0.39 is 0 Å². The zero-order chi connectivity index (χ0) is 12.7. The lowest BCUT2D eigenvalue weighted by atomic mass is 10.2. The van der Waals surface area contributed by atoms with Crippen LogP contribution in [0.4, 0.5) is 0 Å². The van der Waals surface area contributed by atoms with Crippen molar-refractivity contribution in [2.24, 2.45) is 0 Å². The Morgan fingerprint density at radius 2 is 2.29 bits per heavy atom. The van der Waals surface area contributed by atoms with Crippen LogP contribution in [0.15, 0.2) is 0 Å². The van der Waals surface area contributed by atoms with E-state index in [1.807, 2.05) is 0 Å². The average Bonchev–Trinajstić information content (AvgIpc) is 2.33. The zero-order valence-corrected chi connectivity index (χ0v) is 11.9. The molecule has 1 fully saturated rings. The van der Waals surface area contributed by atoms with Crippen molar-refractivity contribution >= 4 is 0 Å². The lowest BCUT2D eigenvalue weighted by Gasteiger charge is -2.30. The predicted molar refractivity (Wildman–Crippen MR) is 72.5 cm³/mol. The number of hydrogen-bond donors (Lipinski definition) is 1. The molecule has 0 aromatic heterocycles. The number of morpholine rings is 1. The lowest BCUT2D eigenvalue weighted by Crippen LogP contribution is -2.46. The number of likely N-dealkylation sites (N-methyl/N-ethyl adjacent to an activating group) is 2. The standard InChI is InChI=1S/C13H29N3O/c1-5-12(2)16(4)7-6-14-10-13-11-15(3)8-9-17-13/h12-14H,5-11H2,1-4H3. The minimum atomic E-state index is 0.364. The van der Waals surface area contributed by atoms with Gasteiger partial charge in [-0.15, -0.1) is 0 Å². The quantitative estimate of drug-likeness (QED) is 0.664. The van der Waals surface area contributed by atoms with Crippen LogP contribution in [-0.2, 0) is 4.74 Å². The first-order valence-corrected chi connectivity index (χ1v) is 6.84. The van der Waals surface area contributed by atoms with Crippen LogP contribution in [0.5, 0.6) is 0 Å². The van der Waals surface area contributed by atoms with Crippen molar-refractivity contribution in [3.8, 4) is 0 Å². The van der Waals surface area contributed by atoms with Gasteiger partial charge in [-0.2, -0.15) is 0 Å². The number of rotatable bonds is 7. The smallest absolute Gasteiger partial charge is 0.0826 e. The van der Waals surface area contributed by atoms with Crippen molar-refractivity contribution in [1.29, 1.82) is 0 Å². The summed E-state index contributed by atoms with van der Waals surface area (Å²) in [7, 11) is 4.35. The van der Waals surface area contributed by atoms with Crippen LogP contribution < -0.4 is 5.32 Å². The molecule has 102 valence electrons. The van der Waals surface area contributed by atoms with Crippen molar-refractivity contribution < 1.29 is 4.74 Å². The number of hydrogen-bond acceptors (Lipinski definition) is 4. The Labute approximate surface area is 106 Å². The molecule has 1 N–H and O–H groups in total. The van der Waals surface area contributed by atoms with Crippen LogP contribution in [0.25, 0.3) is 0 Å².